The third-order valence-corrected chi connectivity index (χ3v) is 6.35. The first-order valence-electron chi connectivity index (χ1n) is 11.2. The van der Waals surface area contributed by atoms with Crippen molar-refractivity contribution < 1.29 is 5.11 Å². The molecule has 1 N–H and O–H groups in total. The Morgan fingerprint density at radius 3 is 2.71 bits per heavy atom. The van der Waals surface area contributed by atoms with Crippen molar-refractivity contribution in [1.29, 1.82) is 0 Å². The van der Waals surface area contributed by atoms with Gasteiger partial charge >= 0.3 is 0 Å². The summed E-state index contributed by atoms with van der Waals surface area (Å²) < 4.78 is 4.16. The second kappa shape index (κ2) is 8.26. The standard InChI is InChI=1S/C23H29N7O/c1-3-4-9-30-15-24-18-12-17(5-6-19(18)30)20-21-22(28(2)14-25-21)27-23(26-20)29-10-7-16(13-31)8-11-29/h5-6,12,14-16,31H,3-4,7-11,13H2,1-2H3. The maximum absolute atomic E-state index is 9.46. The molecule has 4 heterocycles. The topological polar surface area (TPSA) is 84.9 Å². The fourth-order valence-corrected chi connectivity index (χ4v) is 4.37. The lowest BCUT2D eigenvalue weighted by molar-refractivity contribution is 0.202. The van der Waals surface area contributed by atoms with Gasteiger partial charge in [-0.05, 0) is 37.3 Å². The van der Waals surface area contributed by atoms with Gasteiger partial charge < -0.3 is 19.1 Å². The van der Waals surface area contributed by atoms with Crippen LogP contribution in [0.25, 0.3) is 33.5 Å². The Kier molecular flexibility index (Phi) is 5.31. The Morgan fingerprint density at radius 2 is 1.94 bits per heavy atom. The van der Waals surface area contributed by atoms with Crippen LogP contribution in [0.3, 0.4) is 0 Å². The summed E-state index contributed by atoms with van der Waals surface area (Å²) in [6.07, 6.45) is 7.94. The van der Waals surface area contributed by atoms with Crippen LogP contribution in [0.2, 0.25) is 0 Å². The van der Waals surface area contributed by atoms with E-state index in [0.29, 0.717) is 5.92 Å². The first-order chi connectivity index (χ1) is 15.2. The molecule has 162 valence electrons. The molecule has 5 rings (SSSR count). The van der Waals surface area contributed by atoms with Crippen LogP contribution >= 0.6 is 0 Å². The second-order valence-corrected chi connectivity index (χ2v) is 8.51. The van der Waals surface area contributed by atoms with Gasteiger partial charge in [0.15, 0.2) is 5.65 Å². The van der Waals surface area contributed by atoms with Crippen LogP contribution in [0.15, 0.2) is 30.9 Å². The molecular formula is C23H29N7O. The average Bonchev–Trinajstić information content (AvgIpc) is 3.40. The Bertz CT molecular complexity index is 1200. The molecule has 1 aliphatic heterocycles. The lowest BCUT2D eigenvalue weighted by atomic mass is 9.98. The van der Waals surface area contributed by atoms with Crippen molar-refractivity contribution in [2.75, 3.05) is 24.6 Å². The summed E-state index contributed by atoms with van der Waals surface area (Å²) in [6, 6.07) is 6.36. The molecule has 0 amide bonds. The van der Waals surface area contributed by atoms with Crippen LogP contribution < -0.4 is 4.90 Å². The number of benzene rings is 1. The van der Waals surface area contributed by atoms with Crippen molar-refractivity contribution in [3.63, 3.8) is 0 Å². The summed E-state index contributed by atoms with van der Waals surface area (Å²) in [5.74, 6) is 1.11. The summed E-state index contributed by atoms with van der Waals surface area (Å²) in [6.45, 7) is 5.15. The molecule has 0 unspecified atom stereocenters. The van der Waals surface area contributed by atoms with E-state index in [9.17, 15) is 5.11 Å². The van der Waals surface area contributed by atoms with E-state index >= 15 is 0 Å². The van der Waals surface area contributed by atoms with Gasteiger partial charge in [0.2, 0.25) is 5.95 Å². The fraction of sp³-hybridized carbons (Fsp3) is 0.478. The number of piperidine rings is 1. The number of nitrogens with zero attached hydrogens (tertiary/aromatic N) is 7. The van der Waals surface area contributed by atoms with E-state index in [4.69, 9.17) is 9.97 Å². The maximum Gasteiger partial charge on any atom is 0.228 e. The Balaban J connectivity index is 1.56. The van der Waals surface area contributed by atoms with E-state index in [-0.39, 0.29) is 6.61 Å². The highest BCUT2D eigenvalue weighted by atomic mass is 16.3. The number of unbranched alkanes of at least 4 members (excludes halogenated alkanes) is 1. The molecule has 0 aliphatic carbocycles. The molecule has 31 heavy (non-hydrogen) atoms. The molecule has 4 aromatic rings. The molecule has 3 aromatic heterocycles. The van der Waals surface area contributed by atoms with Gasteiger partial charge in [-0.2, -0.15) is 4.98 Å². The van der Waals surface area contributed by atoms with Crippen LogP contribution in [0.5, 0.6) is 0 Å². The van der Waals surface area contributed by atoms with E-state index < -0.39 is 0 Å². The van der Waals surface area contributed by atoms with Crippen molar-refractivity contribution in [1.82, 2.24) is 29.1 Å². The number of rotatable bonds is 6. The van der Waals surface area contributed by atoms with Gasteiger partial charge in [-0.25, -0.2) is 15.0 Å². The summed E-state index contributed by atoms with van der Waals surface area (Å²) in [5.41, 5.74) is 5.61. The molecule has 0 spiro atoms. The van der Waals surface area contributed by atoms with Crippen LogP contribution in [0.4, 0.5) is 5.95 Å². The quantitative estimate of drug-likeness (QED) is 0.516. The highest BCUT2D eigenvalue weighted by Crippen LogP contribution is 2.30. The lowest BCUT2D eigenvalue weighted by Crippen LogP contribution is -2.36. The van der Waals surface area contributed by atoms with E-state index in [2.05, 4.69) is 44.6 Å². The van der Waals surface area contributed by atoms with Crippen LogP contribution in [0.1, 0.15) is 32.6 Å². The van der Waals surface area contributed by atoms with Crippen LogP contribution in [0, 0.1) is 5.92 Å². The zero-order valence-corrected chi connectivity index (χ0v) is 18.2. The Labute approximate surface area is 181 Å². The number of anilines is 1. The molecule has 8 heteroatoms. The predicted octanol–water partition coefficient (Wildman–Crippen LogP) is 3.39. The van der Waals surface area contributed by atoms with Gasteiger partial charge in [0.1, 0.15) is 11.2 Å². The van der Waals surface area contributed by atoms with Crippen molar-refractivity contribution >= 4 is 28.1 Å². The molecule has 1 aliphatic rings. The maximum atomic E-state index is 9.46. The monoisotopic (exact) mass is 419 g/mol. The van der Waals surface area contributed by atoms with Crippen molar-refractivity contribution in [3.8, 4) is 11.3 Å². The van der Waals surface area contributed by atoms with E-state index in [1.165, 1.54) is 0 Å². The van der Waals surface area contributed by atoms with Gasteiger partial charge in [0, 0.05) is 38.9 Å². The Morgan fingerprint density at radius 1 is 1.10 bits per heavy atom. The summed E-state index contributed by atoms with van der Waals surface area (Å²) >= 11 is 0. The van der Waals surface area contributed by atoms with Crippen LogP contribution in [-0.2, 0) is 13.6 Å². The van der Waals surface area contributed by atoms with E-state index in [1.807, 2.05) is 17.9 Å². The average molecular weight is 420 g/mol. The van der Waals surface area contributed by atoms with Gasteiger partial charge in [-0.1, -0.05) is 19.4 Å². The third-order valence-electron chi connectivity index (χ3n) is 6.35. The molecule has 1 saturated heterocycles. The highest BCUT2D eigenvalue weighted by Gasteiger charge is 2.23. The SMILES string of the molecule is CCCCn1cnc2cc(-c3nc(N4CCC(CO)CC4)nc4c3ncn4C)ccc21. The number of aromatic nitrogens is 6. The molecule has 8 nitrogen and oxygen atoms in total. The number of imidazole rings is 2. The van der Waals surface area contributed by atoms with Gasteiger partial charge in [-0.15, -0.1) is 0 Å². The third kappa shape index (κ3) is 3.65. The number of hydrogen-bond acceptors (Lipinski definition) is 6. The smallest absolute Gasteiger partial charge is 0.228 e. The molecule has 0 saturated carbocycles. The van der Waals surface area contributed by atoms with Crippen molar-refractivity contribution in [2.45, 2.75) is 39.2 Å². The van der Waals surface area contributed by atoms with Gasteiger partial charge in [0.25, 0.3) is 0 Å². The first-order valence-corrected chi connectivity index (χ1v) is 11.2. The fourth-order valence-electron chi connectivity index (χ4n) is 4.37. The molecule has 1 fully saturated rings. The summed E-state index contributed by atoms with van der Waals surface area (Å²) in [4.78, 5) is 21.2. The second-order valence-electron chi connectivity index (χ2n) is 8.51. The zero-order valence-electron chi connectivity index (χ0n) is 18.2. The normalized spacial score (nSPS) is 15.4. The molecule has 0 atom stereocenters. The number of aliphatic hydroxyl groups excluding tert-OH is 1. The number of aliphatic hydroxyl groups is 1. The number of hydrogen-bond donors (Lipinski definition) is 1. The van der Waals surface area contributed by atoms with Crippen molar-refractivity contribution in [2.24, 2.45) is 13.0 Å². The summed E-state index contributed by atoms with van der Waals surface area (Å²) in [5, 5.41) is 9.46. The van der Waals surface area contributed by atoms with E-state index in [1.54, 1.807) is 6.33 Å². The largest absolute Gasteiger partial charge is 0.396 e. The molecule has 1 aromatic carbocycles. The predicted molar refractivity (Wildman–Crippen MR) is 122 cm³/mol. The van der Waals surface area contributed by atoms with E-state index in [0.717, 1.165) is 84.7 Å². The van der Waals surface area contributed by atoms with Crippen molar-refractivity contribution in [3.05, 3.63) is 30.9 Å². The van der Waals surface area contributed by atoms with Gasteiger partial charge in [0.05, 0.1) is 23.7 Å². The van der Waals surface area contributed by atoms with Gasteiger partial charge in [-0.3, -0.25) is 0 Å². The minimum absolute atomic E-state index is 0.256. The first kappa shape index (κ1) is 19.9. The Hall–Kier alpha value is -3.00. The summed E-state index contributed by atoms with van der Waals surface area (Å²) in [7, 11) is 1.96. The minimum atomic E-state index is 0.256. The molecule has 0 bridgehead atoms. The van der Waals surface area contributed by atoms with Crippen LogP contribution in [-0.4, -0.2) is 53.9 Å². The number of aryl methyl sites for hydroxylation is 2. The molecule has 0 radical (unpaired) electrons. The molecular weight excluding hydrogens is 390 g/mol. The zero-order chi connectivity index (χ0) is 21.4. The lowest BCUT2D eigenvalue weighted by Gasteiger charge is -2.31. The number of fused-ring (bicyclic) bond motifs is 2. The highest BCUT2D eigenvalue weighted by molar-refractivity contribution is 5.91. The minimum Gasteiger partial charge on any atom is -0.396 e.